The number of hydrogen-bond acceptors (Lipinski definition) is 3. The van der Waals surface area contributed by atoms with Gasteiger partial charge in [0.15, 0.2) is 0 Å². The molecular weight excluding hydrogens is 267 g/mol. The maximum atomic E-state index is 13.5. The highest BCUT2D eigenvalue weighted by Gasteiger charge is 2.03. The van der Waals surface area contributed by atoms with E-state index in [1.165, 1.54) is 6.07 Å². The zero-order valence-corrected chi connectivity index (χ0v) is 12.7. The van der Waals surface area contributed by atoms with Crippen LogP contribution in [-0.4, -0.2) is 11.5 Å². The number of nitrogens with zero attached hydrogens (tertiary/aromatic N) is 1. The number of nitrogens with one attached hydrogen (secondary N) is 1. The fourth-order valence-electron chi connectivity index (χ4n) is 1.88. The van der Waals surface area contributed by atoms with Crippen LogP contribution in [0.5, 0.6) is 11.5 Å². The van der Waals surface area contributed by atoms with Gasteiger partial charge in [-0.25, -0.2) is 4.39 Å². The van der Waals surface area contributed by atoms with E-state index in [1.54, 1.807) is 31.3 Å². The summed E-state index contributed by atoms with van der Waals surface area (Å²) >= 11 is 0. The van der Waals surface area contributed by atoms with E-state index >= 15 is 0 Å². The first-order valence-electron chi connectivity index (χ1n) is 7.14. The molecule has 4 heteroatoms. The molecule has 0 saturated heterocycles. The van der Waals surface area contributed by atoms with Crippen LogP contribution in [0.25, 0.3) is 0 Å². The number of pyridine rings is 1. The van der Waals surface area contributed by atoms with Gasteiger partial charge in [0.25, 0.3) is 0 Å². The van der Waals surface area contributed by atoms with E-state index < -0.39 is 0 Å². The molecule has 2 rings (SSSR count). The van der Waals surface area contributed by atoms with Crippen molar-refractivity contribution in [1.82, 2.24) is 10.3 Å². The normalized spacial score (nSPS) is 10.9. The Morgan fingerprint density at radius 1 is 1.19 bits per heavy atom. The first kappa shape index (κ1) is 15.4. The SMILES string of the molecule is Cc1ccc(Oc2ccnc(CNCC(C)C)c2)cc1F. The third kappa shape index (κ3) is 4.83. The molecule has 0 atom stereocenters. The third-order valence-electron chi connectivity index (χ3n) is 3.03. The van der Waals surface area contributed by atoms with E-state index in [1.807, 2.05) is 6.07 Å². The van der Waals surface area contributed by atoms with Crippen LogP contribution in [0.3, 0.4) is 0 Å². The average Bonchev–Trinajstić information content (AvgIpc) is 2.43. The number of aromatic nitrogens is 1. The molecule has 1 N–H and O–H groups in total. The van der Waals surface area contributed by atoms with Gasteiger partial charge in [-0.15, -0.1) is 0 Å². The zero-order valence-electron chi connectivity index (χ0n) is 12.7. The first-order valence-corrected chi connectivity index (χ1v) is 7.14. The maximum Gasteiger partial charge on any atom is 0.130 e. The van der Waals surface area contributed by atoms with Crippen molar-refractivity contribution in [3.63, 3.8) is 0 Å². The number of rotatable bonds is 6. The molecule has 21 heavy (non-hydrogen) atoms. The minimum absolute atomic E-state index is 0.264. The third-order valence-corrected chi connectivity index (χ3v) is 3.03. The highest BCUT2D eigenvalue weighted by molar-refractivity contribution is 5.33. The minimum Gasteiger partial charge on any atom is -0.457 e. The Bertz CT molecular complexity index is 599. The van der Waals surface area contributed by atoms with Gasteiger partial charge < -0.3 is 10.1 Å². The van der Waals surface area contributed by atoms with E-state index in [4.69, 9.17) is 4.74 Å². The van der Waals surface area contributed by atoms with Gasteiger partial charge in [-0.3, -0.25) is 4.98 Å². The summed E-state index contributed by atoms with van der Waals surface area (Å²) in [5, 5.41) is 3.33. The second-order valence-electron chi connectivity index (χ2n) is 5.52. The van der Waals surface area contributed by atoms with Crippen LogP contribution in [0.4, 0.5) is 4.39 Å². The molecule has 1 aromatic heterocycles. The van der Waals surface area contributed by atoms with Crippen molar-refractivity contribution in [3.8, 4) is 11.5 Å². The van der Waals surface area contributed by atoms with Crippen LogP contribution in [0.2, 0.25) is 0 Å². The molecule has 0 fully saturated rings. The Morgan fingerprint density at radius 2 is 1.95 bits per heavy atom. The topological polar surface area (TPSA) is 34.1 Å². The Hall–Kier alpha value is -1.94. The lowest BCUT2D eigenvalue weighted by Gasteiger charge is -2.09. The molecule has 0 unspecified atom stereocenters. The monoisotopic (exact) mass is 288 g/mol. The lowest BCUT2D eigenvalue weighted by Crippen LogP contribution is -2.19. The second kappa shape index (κ2) is 7.18. The van der Waals surface area contributed by atoms with E-state index in [-0.39, 0.29) is 5.82 Å². The van der Waals surface area contributed by atoms with Gasteiger partial charge in [0, 0.05) is 24.9 Å². The van der Waals surface area contributed by atoms with E-state index in [0.29, 0.717) is 29.5 Å². The van der Waals surface area contributed by atoms with Crippen molar-refractivity contribution in [1.29, 1.82) is 0 Å². The summed E-state index contributed by atoms with van der Waals surface area (Å²) in [6, 6.07) is 8.49. The fraction of sp³-hybridized carbons (Fsp3) is 0.353. The second-order valence-corrected chi connectivity index (χ2v) is 5.52. The molecule has 3 nitrogen and oxygen atoms in total. The molecular formula is C17H21FN2O. The van der Waals surface area contributed by atoms with Crippen molar-refractivity contribution < 1.29 is 9.13 Å². The van der Waals surface area contributed by atoms with Crippen LogP contribution in [-0.2, 0) is 6.54 Å². The van der Waals surface area contributed by atoms with Gasteiger partial charge >= 0.3 is 0 Å². The van der Waals surface area contributed by atoms with Crippen molar-refractivity contribution >= 4 is 0 Å². The molecule has 0 amide bonds. The summed E-state index contributed by atoms with van der Waals surface area (Å²) in [5.41, 5.74) is 1.51. The van der Waals surface area contributed by atoms with Crippen LogP contribution < -0.4 is 10.1 Å². The predicted molar refractivity (Wildman–Crippen MR) is 82.0 cm³/mol. The standard InChI is InChI=1S/C17H21FN2O/c1-12(2)10-19-11-14-8-16(6-7-20-14)21-15-5-4-13(3)17(18)9-15/h4-9,12,19H,10-11H2,1-3H3. The molecule has 0 radical (unpaired) electrons. The minimum atomic E-state index is -0.264. The van der Waals surface area contributed by atoms with E-state index in [0.717, 1.165) is 12.2 Å². The van der Waals surface area contributed by atoms with Crippen LogP contribution in [0, 0.1) is 18.7 Å². The quantitative estimate of drug-likeness (QED) is 0.870. The Kier molecular flexibility index (Phi) is 5.28. The summed E-state index contributed by atoms with van der Waals surface area (Å²) in [5.74, 6) is 1.49. The zero-order chi connectivity index (χ0) is 15.2. The number of ether oxygens (including phenoxy) is 1. The Balaban J connectivity index is 2.01. The van der Waals surface area contributed by atoms with Gasteiger partial charge in [0.05, 0.1) is 5.69 Å². The van der Waals surface area contributed by atoms with Crippen LogP contribution >= 0.6 is 0 Å². The van der Waals surface area contributed by atoms with Gasteiger partial charge in [-0.2, -0.15) is 0 Å². The Morgan fingerprint density at radius 3 is 2.67 bits per heavy atom. The van der Waals surface area contributed by atoms with Crippen molar-refractivity contribution in [3.05, 3.63) is 53.6 Å². The molecule has 0 aliphatic rings. The molecule has 0 bridgehead atoms. The molecule has 1 heterocycles. The number of aryl methyl sites for hydroxylation is 1. The highest BCUT2D eigenvalue weighted by Crippen LogP contribution is 2.23. The van der Waals surface area contributed by atoms with Crippen molar-refractivity contribution in [2.45, 2.75) is 27.3 Å². The van der Waals surface area contributed by atoms with Crippen LogP contribution in [0.15, 0.2) is 36.5 Å². The summed E-state index contributed by atoms with van der Waals surface area (Å²) in [4.78, 5) is 4.29. The highest BCUT2D eigenvalue weighted by atomic mass is 19.1. The predicted octanol–water partition coefficient (Wildman–Crippen LogP) is 4.07. The molecule has 112 valence electrons. The Labute approximate surface area is 125 Å². The van der Waals surface area contributed by atoms with E-state index in [9.17, 15) is 4.39 Å². The largest absolute Gasteiger partial charge is 0.457 e. The molecule has 1 aromatic carbocycles. The fourth-order valence-corrected chi connectivity index (χ4v) is 1.88. The van der Waals surface area contributed by atoms with Gasteiger partial charge in [-0.05, 0) is 37.1 Å². The molecule has 0 spiro atoms. The molecule has 2 aromatic rings. The molecule has 0 saturated carbocycles. The lowest BCUT2D eigenvalue weighted by molar-refractivity contribution is 0.473. The first-order chi connectivity index (χ1) is 10.0. The van der Waals surface area contributed by atoms with Crippen LogP contribution in [0.1, 0.15) is 25.1 Å². The van der Waals surface area contributed by atoms with Gasteiger partial charge in [-0.1, -0.05) is 19.9 Å². The summed E-state index contributed by atoms with van der Waals surface area (Å²) in [6.45, 7) is 7.68. The van der Waals surface area contributed by atoms with Gasteiger partial charge in [0.1, 0.15) is 17.3 Å². The lowest BCUT2D eigenvalue weighted by atomic mass is 10.2. The summed E-state index contributed by atoms with van der Waals surface area (Å²) < 4.78 is 19.2. The number of halogens is 1. The van der Waals surface area contributed by atoms with Gasteiger partial charge in [0.2, 0.25) is 0 Å². The van der Waals surface area contributed by atoms with Crippen molar-refractivity contribution in [2.75, 3.05) is 6.54 Å². The average molecular weight is 288 g/mol. The number of benzene rings is 1. The summed E-state index contributed by atoms with van der Waals surface area (Å²) in [7, 11) is 0. The maximum absolute atomic E-state index is 13.5. The molecule has 0 aliphatic heterocycles. The summed E-state index contributed by atoms with van der Waals surface area (Å²) in [6.07, 6.45) is 1.70. The molecule has 0 aliphatic carbocycles. The number of hydrogen-bond donors (Lipinski definition) is 1. The van der Waals surface area contributed by atoms with E-state index in [2.05, 4.69) is 24.1 Å². The smallest absolute Gasteiger partial charge is 0.130 e. The van der Waals surface area contributed by atoms with Crippen molar-refractivity contribution in [2.24, 2.45) is 5.92 Å².